The van der Waals surface area contributed by atoms with E-state index in [0.29, 0.717) is 6.42 Å². The summed E-state index contributed by atoms with van der Waals surface area (Å²) >= 11 is 5.81. The Morgan fingerprint density at radius 3 is 2.64 bits per heavy atom. The molecule has 5 heteroatoms. The smallest absolute Gasteiger partial charge is 0.328 e. The molecule has 0 saturated heterocycles. The summed E-state index contributed by atoms with van der Waals surface area (Å²) in [4.78, 5) is 17.1. The van der Waals surface area contributed by atoms with E-state index in [1.165, 1.54) is 0 Å². The SMILES string of the molecule is OP(O)OC1(Cl)C=CC=CC1. The molecule has 0 aromatic carbocycles. The van der Waals surface area contributed by atoms with E-state index in [1.54, 1.807) is 18.2 Å². The standard InChI is InChI=1S/C6H8ClO3P/c7-6(10-11(8)9)4-2-1-3-5-6/h1-4,8-9H,5H2. The van der Waals surface area contributed by atoms with Gasteiger partial charge in [-0.3, -0.25) is 4.52 Å². The zero-order chi connectivity index (χ0) is 8.32. The summed E-state index contributed by atoms with van der Waals surface area (Å²) in [5, 5.41) is -1.07. The summed E-state index contributed by atoms with van der Waals surface area (Å²) < 4.78 is 4.68. The number of halogens is 1. The normalized spacial score (nSPS) is 29.8. The molecular weight excluding hydrogens is 186 g/mol. The molecule has 0 radical (unpaired) electrons. The second-order valence-corrected chi connectivity index (χ2v) is 3.45. The fraction of sp³-hybridized carbons (Fsp3) is 0.333. The van der Waals surface area contributed by atoms with Gasteiger partial charge in [0.2, 0.25) is 0 Å². The van der Waals surface area contributed by atoms with Crippen molar-refractivity contribution in [1.82, 2.24) is 0 Å². The van der Waals surface area contributed by atoms with Crippen LogP contribution in [0.4, 0.5) is 0 Å². The molecule has 3 nitrogen and oxygen atoms in total. The van der Waals surface area contributed by atoms with Crippen LogP contribution in [0.25, 0.3) is 0 Å². The van der Waals surface area contributed by atoms with Crippen LogP contribution < -0.4 is 0 Å². The van der Waals surface area contributed by atoms with Crippen LogP contribution in [0.15, 0.2) is 24.3 Å². The summed E-state index contributed by atoms with van der Waals surface area (Å²) in [5.41, 5.74) is 0. The van der Waals surface area contributed by atoms with Crippen LogP contribution in [0.2, 0.25) is 0 Å². The molecule has 0 fully saturated rings. The van der Waals surface area contributed by atoms with E-state index in [-0.39, 0.29) is 0 Å². The molecular formula is C6H8ClO3P. The van der Waals surface area contributed by atoms with Crippen molar-refractivity contribution in [3.63, 3.8) is 0 Å². The van der Waals surface area contributed by atoms with E-state index in [0.717, 1.165) is 0 Å². The minimum Gasteiger partial charge on any atom is -0.328 e. The van der Waals surface area contributed by atoms with Crippen LogP contribution in [0, 0.1) is 0 Å². The molecule has 0 heterocycles. The Morgan fingerprint density at radius 2 is 2.18 bits per heavy atom. The fourth-order valence-corrected chi connectivity index (χ4v) is 1.53. The topological polar surface area (TPSA) is 49.7 Å². The van der Waals surface area contributed by atoms with Gasteiger partial charge in [-0.25, -0.2) is 0 Å². The maximum absolute atomic E-state index is 8.53. The van der Waals surface area contributed by atoms with E-state index >= 15 is 0 Å². The zero-order valence-electron chi connectivity index (χ0n) is 5.64. The predicted octanol–water partition coefficient (Wildman–Crippen LogP) is 1.67. The first kappa shape index (κ1) is 9.17. The van der Waals surface area contributed by atoms with Crippen molar-refractivity contribution in [2.45, 2.75) is 11.5 Å². The van der Waals surface area contributed by atoms with Gasteiger partial charge in [0.05, 0.1) is 0 Å². The van der Waals surface area contributed by atoms with Crippen molar-refractivity contribution in [3.8, 4) is 0 Å². The lowest BCUT2D eigenvalue weighted by Crippen LogP contribution is -2.20. The lowest BCUT2D eigenvalue weighted by Gasteiger charge is -2.23. The van der Waals surface area contributed by atoms with Gasteiger partial charge in [0.15, 0.2) is 5.06 Å². The number of allylic oxidation sites excluding steroid dienone is 2. The van der Waals surface area contributed by atoms with Crippen LogP contribution in [-0.4, -0.2) is 14.8 Å². The molecule has 0 aliphatic heterocycles. The second-order valence-electron chi connectivity index (χ2n) is 2.12. The van der Waals surface area contributed by atoms with Crippen molar-refractivity contribution in [1.29, 1.82) is 0 Å². The summed E-state index contributed by atoms with van der Waals surface area (Å²) in [6.07, 6.45) is 7.35. The highest BCUT2D eigenvalue weighted by Gasteiger charge is 2.27. The van der Waals surface area contributed by atoms with Crippen molar-refractivity contribution in [3.05, 3.63) is 24.3 Å². The molecule has 1 rings (SSSR count). The number of hydrogen-bond acceptors (Lipinski definition) is 3. The number of rotatable bonds is 2. The summed E-state index contributed by atoms with van der Waals surface area (Å²) in [6.45, 7) is 0. The molecule has 2 N–H and O–H groups in total. The largest absolute Gasteiger partial charge is 0.329 e. The fourth-order valence-electron chi connectivity index (χ4n) is 0.778. The first-order valence-electron chi connectivity index (χ1n) is 3.03. The molecule has 1 atom stereocenters. The average molecular weight is 195 g/mol. The van der Waals surface area contributed by atoms with E-state index in [2.05, 4.69) is 4.52 Å². The van der Waals surface area contributed by atoms with Crippen molar-refractivity contribution >= 4 is 20.2 Å². The molecule has 1 aliphatic carbocycles. The van der Waals surface area contributed by atoms with Gasteiger partial charge in [0.25, 0.3) is 0 Å². The highest BCUT2D eigenvalue weighted by Crippen LogP contribution is 2.39. The Morgan fingerprint density at radius 1 is 1.45 bits per heavy atom. The maximum atomic E-state index is 8.53. The maximum Gasteiger partial charge on any atom is 0.329 e. The first-order chi connectivity index (χ1) is 5.12. The molecule has 11 heavy (non-hydrogen) atoms. The average Bonchev–Trinajstić information content (AvgIpc) is 1.85. The second kappa shape index (κ2) is 3.65. The summed E-state index contributed by atoms with van der Waals surface area (Å²) in [6, 6.07) is 0. The van der Waals surface area contributed by atoms with Crippen molar-refractivity contribution in [2.75, 3.05) is 0 Å². The van der Waals surface area contributed by atoms with Gasteiger partial charge in [-0.2, -0.15) is 0 Å². The minimum atomic E-state index is -2.39. The molecule has 1 aliphatic rings. The molecule has 0 aromatic heterocycles. The third-order valence-electron chi connectivity index (χ3n) is 1.22. The molecule has 62 valence electrons. The van der Waals surface area contributed by atoms with E-state index in [9.17, 15) is 0 Å². The Bertz CT molecular complexity index is 192. The highest BCUT2D eigenvalue weighted by atomic mass is 35.5. The van der Waals surface area contributed by atoms with Crippen LogP contribution in [0.1, 0.15) is 6.42 Å². The summed E-state index contributed by atoms with van der Waals surface area (Å²) in [5.74, 6) is 0. The van der Waals surface area contributed by atoms with Crippen molar-refractivity contribution < 1.29 is 14.3 Å². The molecule has 0 amide bonds. The molecule has 0 spiro atoms. The van der Waals surface area contributed by atoms with Gasteiger partial charge in [-0.15, -0.1) is 0 Å². The van der Waals surface area contributed by atoms with Gasteiger partial charge >= 0.3 is 8.60 Å². The molecule has 0 aromatic rings. The monoisotopic (exact) mass is 194 g/mol. The van der Waals surface area contributed by atoms with Crippen LogP contribution >= 0.6 is 20.2 Å². The third kappa shape index (κ3) is 2.89. The Balaban J connectivity index is 2.54. The Kier molecular flexibility index (Phi) is 3.05. The van der Waals surface area contributed by atoms with E-state index in [4.69, 9.17) is 21.4 Å². The molecule has 0 bridgehead atoms. The lowest BCUT2D eigenvalue weighted by atomic mass is 10.1. The third-order valence-corrected chi connectivity index (χ3v) is 2.18. The molecule has 0 saturated carbocycles. The first-order valence-corrected chi connectivity index (χ1v) is 4.57. The lowest BCUT2D eigenvalue weighted by molar-refractivity contribution is 0.175. The zero-order valence-corrected chi connectivity index (χ0v) is 7.29. The van der Waals surface area contributed by atoms with Crippen LogP contribution in [0.5, 0.6) is 0 Å². The minimum absolute atomic E-state index is 0.449. The van der Waals surface area contributed by atoms with Gasteiger partial charge in [0.1, 0.15) is 0 Å². The Labute approximate surface area is 70.9 Å². The van der Waals surface area contributed by atoms with Crippen molar-refractivity contribution in [2.24, 2.45) is 0 Å². The summed E-state index contributed by atoms with van der Waals surface area (Å²) in [7, 11) is -2.39. The Hall–Kier alpha value is 0.0800. The number of alkyl halides is 1. The van der Waals surface area contributed by atoms with E-state index < -0.39 is 13.7 Å². The quantitative estimate of drug-likeness (QED) is 0.519. The van der Waals surface area contributed by atoms with Gasteiger partial charge in [-0.1, -0.05) is 29.8 Å². The predicted molar refractivity (Wildman–Crippen MR) is 43.9 cm³/mol. The van der Waals surface area contributed by atoms with Crippen LogP contribution in [0.3, 0.4) is 0 Å². The highest BCUT2D eigenvalue weighted by molar-refractivity contribution is 7.39. The van der Waals surface area contributed by atoms with Gasteiger partial charge in [-0.05, 0) is 6.08 Å². The van der Waals surface area contributed by atoms with Gasteiger partial charge in [0, 0.05) is 6.42 Å². The van der Waals surface area contributed by atoms with Gasteiger partial charge < -0.3 is 9.79 Å². The number of hydrogen-bond donors (Lipinski definition) is 2. The molecule has 1 unspecified atom stereocenters. The van der Waals surface area contributed by atoms with Crippen LogP contribution in [-0.2, 0) is 4.52 Å². The van der Waals surface area contributed by atoms with E-state index in [1.807, 2.05) is 6.08 Å².